The molecule has 0 saturated carbocycles. The van der Waals surface area contributed by atoms with Gasteiger partial charge in [0.15, 0.2) is 0 Å². The van der Waals surface area contributed by atoms with Crippen LogP contribution < -0.4 is 11.1 Å². The number of aliphatic hydroxyl groups is 1. The van der Waals surface area contributed by atoms with Crippen molar-refractivity contribution in [2.24, 2.45) is 5.73 Å². The number of phosphoric ester groups is 1. The molecule has 8 nitrogen and oxygen atoms in total. The number of hydrogen-bond donors (Lipinski definition) is 4. The molecule has 0 heterocycles. The Kier molecular flexibility index (Phi) is 29.3. The molecule has 248 valence electrons. The lowest BCUT2D eigenvalue weighted by molar-refractivity contribution is -0.123. The Balaban J connectivity index is 4.40. The topological polar surface area (TPSA) is 131 Å². The fourth-order valence-electron chi connectivity index (χ4n) is 4.65. The summed E-state index contributed by atoms with van der Waals surface area (Å²) in [5.41, 5.74) is 5.33. The van der Waals surface area contributed by atoms with Crippen molar-refractivity contribution in [3.8, 4) is 0 Å². The normalized spacial score (nSPS) is 14.9. The van der Waals surface area contributed by atoms with E-state index in [0.29, 0.717) is 6.42 Å². The van der Waals surface area contributed by atoms with Crippen molar-refractivity contribution in [2.45, 2.75) is 161 Å². The Morgan fingerprint density at radius 3 is 1.79 bits per heavy atom. The summed E-state index contributed by atoms with van der Waals surface area (Å²) in [6.45, 7) is 4.06. The number of allylic oxidation sites excluding steroid dienone is 3. The van der Waals surface area contributed by atoms with Gasteiger partial charge in [0, 0.05) is 13.0 Å². The highest BCUT2D eigenvalue weighted by Gasteiger charge is 2.26. The van der Waals surface area contributed by atoms with E-state index in [-0.39, 0.29) is 25.7 Å². The molecule has 0 aliphatic carbocycles. The van der Waals surface area contributed by atoms with E-state index >= 15 is 0 Å². The maximum Gasteiger partial charge on any atom is 0.472 e. The van der Waals surface area contributed by atoms with Crippen LogP contribution in [0.5, 0.6) is 0 Å². The number of carbonyl (C=O) groups is 1. The summed E-state index contributed by atoms with van der Waals surface area (Å²) in [4.78, 5) is 22.5. The van der Waals surface area contributed by atoms with E-state index in [9.17, 15) is 19.4 Å². The van der Waals surface area contributed by atoms with Gasteiger partial charge < -0.3 is 21.1 Å². The molecule has 9 heteroatoms. The van der Waals surface area contributed by atoms with Crippen molar-refractivity contribution in [1.29, 1.82) is 0 Å². The third kappa shape index (κ3) is 27.8. The molecule has 0 aliphatic heterocycles. The number of nitrogens with one attached hydrogen (secondary N) is 1. The number of aliphatic hydroxyl groups excluding tert-OH is 1. The molecule has 1 amide bonds. The Hall–Kier alpha value is -1.02. The number of hydrogen-bond acceptors (Lipinski definition) is 6. The molecule has 0 aromatic carbocycles. The monoisotopic (exact) mass is 616 g/mol. The second-order valence-electron chi connectivity index (χ2n) is 11.4. The fourth-order valence-corrected chi connectivity index (χ4v) is 5.41. The molecular formula is C33H65N2O6P. The Labute approximate surface area is 257 Å². The lowest BCUT2D eigenvalue weighted by atomic mass is 10.1. The van der Waals surface area contributed by atoms with Gasteiger partial charge >= 0.3 is 7.82 Å². The van der Waals surface area contributed by atoms with E-state index in [1.54, 1.807) is 6.08 Å². The van der Waals surface area contributed by atoms with Gasteiger partial charge in [0.05, 0.1) is 25.4 Å². The third-order valence-electron chi connectivity index (χ3n) is 7.27. The number of amides is 1. The molecule has 42 heavy (non-hydrogen) atoms. The SMILES string of the molecule is CCCCCC/C=C\CCCCCCCC(=O)NC(COP(=O)(O)OCCN)C(O)/C=C/CCCCCCCCCC. The van der Waals surface area contributed by atoms with Gasteiger partial charge in [0.2, 0.25) is 5.91 Å². The Morgan fingerprint density at radius 2 is 1.24 bits per heavy atom. The highest BCUT2D eigenvalue weighted by atomic mass is 31.2. The van der Waals surface area contributed by atoms with Crippen LogP contribution in [0.4, 0.5) is 0 Å². The molecule has 0 aliphatic rings. The van der Waals surface area contributed by atoms with Gasteiger partial charge in [-0.2, -0.15) is 0 Å². The zero-order valence-corrected chi connectivity index (χ0v) is 27.9. The smallest absolute Gasteiger partial charge is 0.387 e. The highest BCUT2D eigenvalue weighted by Crippen LogP contribution is 2.43. The van der Waals surface area contributed by atoms with E-state index in [1.165, 1.54) is 77.0 Å². The van der Waals surface area contributed by atoms with E-state index in [4.69, 9.17) is 14.8 Å². The van der Waals surface area contributed by atoms with Crippen LogP contribution in [0.3, 0.4) is 0 Å². The average Bonchev–Trinajstić information content (AvgIpc) is 2.97. The maximum absolute atomic E-state index is 12.6. The lowest BCUT2D eigenvalue weighted by Gasteiger charge is -2.23. The Morgan fingerprint density at radius 1 is 0.762 bits per heavy atom. The summed E-state index contributed by atoms with van der Waals surface area (Å²) in [6, 6.07) is -0.858. The predicted octanol–water partition coefficient (Wildman–Crippen LogP) is 8.27. The number of unbranched alkanes of at least 4 members (excludes halogenated alkanes) is 17. The first-order valence-corrected chi connectivity index (χ1v) is 18.5. The minimum atomic E-state index is -4.32. The molecule has 0 aromatic rings. The third-order valence-corrected chi connectivity index (χ3v) is 8.26. The number of nitrogens with two attached hydrogens (primary N) is 1. The summed E-state index contributed by atoms with van der Waals surface area (Å²) in [5, 5.41) is 13.5. The second-order valence-corrected chi connectivity index (χ2v) is 12.8. The van der Waals surface area contributed by atoms with Crippen LogP contribution in [-0.4, -0.2) is 47.8 Å². The van der Waals surface area contributed by atoms with E-state index in [1.807, 2.05) is 6.08 Å². The van der Waals surface area contributed by atoms with Gasteiger partial charge in [-0.25, -0.2) is 4.57 Å². The molecular weight excluding hydrogens is 551 g/mol. The van der Waals surface area contributed by atoms with Gasteiger partial charge in [-0.3, -0.25) is 13.8 Å². The molecule has 3 unspecified atom stereocenters. The summed E-state index contributed by atoms with van der Waals surface area (Å²) in [5.74, 6) is -0.208. The summed E-state index contributed by atoms with van der Waals surface area (Å²) >= 11 is 0. The lowest BCUT2D eigenvalue weighted by Crippen LogP contribution is -2.45. The van der Waals surface area contributed by atoms with Gasteiger partial charge in [0.25, 0.3) is 0 Å². The second kappa shape index (κ2) is 30.0. The Bertz CT molecular complexity index is 719. The molecule has 0 spiro atoms. The van der Waals surface area contributed by atoms with Crippen LogP contribution in [0.25, 0.3) is 0 Å². The number of carbonyl (C=O) groups excluding carboxylic acids is 1. The van der Waals surface area contributed by atoms with Crippen LogP contribution >= 0.6 is 7.82 Å². The fraction of sp³-hybridized carbons (Fsp3) is 0.848. The van der Waals surface area contributed by atoms with Crippen LogP contribution in [0.2, 0.25) is 0 Å². The van der Waals surface area contributed by atoms with Gasteiger partial charge in [-0.1, -0.05) is 122 Å². The predicted molar refractivity (Wildman–Crippen MR) is 175 cm³/mol. The maximum atomic E-state index is 12.6. The van der Waals surface area contributed by atoms with E-state index in [2.05, 4.69) is 31.3 Å². The zero-order chi connectivity index (χ0) is 31.2. The van der Waals surface area contributed by atoms with E-state index in [0.717, 1.165) is 51.4 Å². The van der Waals surface area contributed by atoms with Crippen LogP contribution in [0.1, 0.15) is 149 Å². The van der Waals surface area contributed by atoms with Gasteiger partial charge in [0.1, 0.15) is 0 Å². The summed E-state index contributed by atoms with van der Waals surface area (Å²) < 4.78 is 21.9. The van der Waals surface area contributed by atoms with Crippen molar-refractivity contribution in [3.05, 3.63) is 24.3 Å². The van der Waals surface area contributed by atoms with Crippen LogP contribution in [0, 0.1) is 0 Å². The first kappa shape index (κ1) is 41.0. The molecule has 0 radical (unpaired) electrons. The zero-order valence-electron chi connectivity index (χ0n) is 27.0. The minimum Gasteiger partial charge on any atom is -0.387 e. The van der Waals surface area contributed by atoms with Crippen LogP contribution in [-0.2, 0) is 18.4 Å². The molecule has 0 bridgehead atoms. The molecule has 5 N–H and O–H groups in total. The van der Waals surface area contributed by atoms with Crippen molar-refractivity contribution < 1.29 is 28.4 Å². The highest BCUT2D eigenvalue weighted by molar-refractivity contribution is 7.47. The molecule has 0 rings (SSSR count). The number of rotatable bonds is 31. The largest absolute Gasteiger partial charge is 0.472 e. The van der Waals surface area contributed by atoms with Crippen molar-refractivity contribution in [1.82, 2.24) is 5.32 Å². The minimum absolute atomic E-state index is 0.0774. The van der Waals surface area contributed by atoms with Gasteiger partial charge in [-0.15, -0.1) is 0 Å². The first-order valence-electron chi connectivity index (χ1n) is 17.0. The van der Waals surface area contributed by atoms with Crippen molar-refractivity contribution in [2.75, 3.05) is 19.8 Å². The summed E-state index contributed by atoms with van der Waals surface area (Å²) in [6.07, 6.45) is 30.8. The van der Waals surface area contributed by atoms with Gasteiger partial charge in [-0.05, 0) is 44.9 Å². The summed E-state index contributed by atoms with van der Waals surface area (Å²) in [7, 11) is -4.32. The van der Waals surface area contributed by atoms with Crippen molar-refractivity contribution >= 4 is 13.7 Å². The molecule has 3 atom stereocenters. The molecule has 0 fully saturated rings. The first-order chi connectivity index (χ1) is 20.4. The van der Waals surface area contributed by atoms with E-state index < -0.39 is 20.0 Å². The van der Waals surface area contributed by atoms with Crippen LogP contribution in [0.15, 0.2) is 24.3 Å². The number of phosphoric acid groups is 1. The standard InChI is InChI=1S/C33H65N2O6P/c1-3-5-7-9-11-13-15-16-17-19-21-23-25-27-33(37)35-31(30-41-42(38,39)40-29-28-34)32(36)26-24-22-20-18-14-12-10-8-6-4-2/h13,15,24,26,31-32,36H,3-12,14,16-23,25,27-30,34H2,1-2H3,(H,35,37)(H,38,39)/b15-13-,26-24+. The average molecular weight is 617 g/mol. The van der Waals surface area contributed by atoms with Crippen molar-refractivity contribution in [3.63, 3.8) is 0 Å². The quantitative estimate of drug-likeness (QED) is 0.0350. The molecule has 0 saturated heterocycles. The molecule has 0 aromatic heterocycles.